The number of benzene rings is 2. The minimum Gasteiger partial charge on any atom is -0.351 e. The Morgan fingerprint density at radius 1 is 1.03 bits per heavy atom. The van der Waals surface area contributed by atoms with E-state index in [0.717, 1.165) is 17.6 Å². The molecule has 0 bridgehead atoms. The van der Waals surface area contributed by atoms with E-state index in [1.165, 1.54) is 22.3 Å². The Balaban J connectivity index is 1.68. The van der Waals surface area contributed by atoms with Gasteiger partial charge in [0.1, 0.15) is 0 Å². The van der Waals surface area contributed by atoms with Gasteiger partial charge in [0.05, 0.1) is 16.8 Å². The Hall–Kier alpha value is -2.67. The lowest BCUT2D eigenvalue weighted by atomic mass is 10.1. The first kappa shape index (κ1) is 22.0. The average molecular weight is 433 g/mol. The quantitative estimate of drug-likeness (QED) is 0.481. The number of aryl methyl sites for hydroxylation is 1. The summed E-state index contributed by atoms with van der Waals surface area (Å²) in [4.78, 5) is 12.6. The highest BCUT2D eigenvalue weighted by Crippen LogP contribution is 2.35. The van der Waals surface area contributed by atoms with Gasteiger partial charge in [-0.2, -0.15) is 24.9 Å². The van der Waals surface area contributed by atoms with Crippen LogP contribution in [0.4, 0.5) is 13.2 Å². The number of hydrogen-bond acceptors (Lipinski definition) is 2. The molecule has 0 radical (unpaired) electrons. The zero-order chi connectivity index (χ0) is 21.7. The van der Waals surface area contributed by atoms with Crippen molar-refractivity contribution in [3.8, 4) is 5.69 Å². The minimum absolute atomic E-state index is 0.0254. The molecule has 3 aromatic rings. The van der Waals surface area contributed by atoms with Crippen LogP contribution in [-0.4, -0.2) is 22.8 Å². The third-order valence-corrected chi connectivity index (χ3v) is 5.80. The number of thioether (sulfide) groups is 1. The lowest BCUT2D eigenvalue weighted by Gasteiger charge is -2.16. The first-order valence-corrected chi connectivity index (χ1v) is 10.7. The first-order chi connectivity index (χ1) is 14.3. The summed E-state index contributed by atoms with van der Waals surface area (Å²) in [5.41, 5.74) is 1.97. The molecule has 0 spiro atoms. The summed E-state index contributed by atoms with van der Waals surface area (Å²) >= 11 is 1.71. The van der Waals surface area contributed by atoms with Crippen molar-refractivity contribution in [3.05, 3.63) is 88.7 Å². The Kier molecular flexibility index (Phi) is 6.92. The molecule has 7 heteroatoms. The standard InChI is InChI=1S/C23H23F3N2OS/c1-16-14-19(22(29)27-12-13-30-15-18-8-4-3-5-9-18)17(2)28(16)21-11-7-6-10-20(21)23(24,25)26/h3-11,14H,12-13,15H2,1-2H3,(H,27,29). The fourth-order valence-corrected chi connectivity index (χ4v) is 4.19. The molecule has 0 saturated heterocycles. The van der Waals surface area contributed by atoms with Crippen LogP contribution in [0.15, 0.2) is 60.7 Å². The van der Waals surface area contributed by atoms with Gasteiger partial charge in [-0.3, -0.25) is 4.79 Å². The number of carbonyl (C=O) groups is 1. The van der Waals surface area contributed by atoms with Gasteiger partial charge in [-0.15, -0.1) is 0 Å². The molecule has 0 aliphatic carbocycles. The second-order valence-corrected chi connectivity index (χ2v) is 8.03. The minimum atomic E-state index is -4.47. The molecular formula is C23H23F3N2OS. The average Bonchev–Trinajstić information content (AvgIpc) is 3.02. The molecule has 0 saturated carbocycles. The van der Waals surface area contributed by atoms with Gasteiger partial charge in [-0.25, -0.2) is 0 Å². The van der Waals surface area contributed by atoms with Gasteiger partial charge in [-0.1, -0.05) is 42.5 Å². The lowest BCUT2D eigenvalue weighted by molar-refractivity contribution is -0.137. The molecule has 0 aliphatic heterocycles. The van der Waals surface area contributed by atoms with Gasteiger partial charge in [-0.05, 0) is 37.6 Å². The van der Waals surface area contributed by atoms with Crippen LogP contribution in [-0.2, 0) is 11.9 Å². The molecule has 0 aliphatic rings. The summed E-state index contributed by atoms with van der Waals surface area (Å²) in [6, 6.07) is 17.1. The molecule has 0 atom stereocenters. The van der Waals surface area contributed by atoms with E-state index in [1.807, 2.05) is 18.2 Å². The molecule has 0 unspecified atom stereocenters. The Morgan fingerprint density at radius 2 is 1.70 bits per heavy atom. The fraction of sp³-hybridized carbons (Fsp3) is 0.261. The maximum Gasteiger partial charge on any atom is 0.418 e. The van der Waals surface area contributed by atoms with Crippen molar-refractivity contribution < 1.29 is 18.0 Å². The number of nitrogens with one attached hydrogen (secondary N) is 1. The Bertz CT molecular complexity index is 1010. The van der Waals surface area contributed by atoms with Crippen LogP contribution in [0.5, 0.6) is 0 Å². The Morgan fingerprint density at radius 3 is 2.40 bits per heavy atom. The predicted octanol–water partition coefficient (Wildman–Crippen LogP) is 5.78. The van der Waals surface area contributed by atoms with Crippen molar-refractivity contribution in [2.24, 2.45) is 0 Å². The lowest BCUT2D eigenvalue weighted by Crippen LogP contribution is -2.26. The number of halogens is 3. The van der Waals surface area contributed by atoms with Crippen LogP contribution in [0.2, 0.25) is 0 Å². The first-order valence-electron chi connectivity index (χ1n) is 9.54. The summed E-state index contributed by atoms with van der Waals surface area (Å²) in [5.74, 6) is 1.33. The monoisotopic (exact) mass is 432 g/mol. The molecule has 1 aromatic heterocycles. The molecule has 1 heterocycles. The van der Waals surface area contributed by atoms with E-state index in [4.69, 9.17) is 0 Å². The molecule has 3 nitrogen and oxygen atoms in total. The summed E-state index contributed by atoms with van der Waals surface area (Å²) in [5, 5.41) is 2.87. The van der Waals surface area contributed by atoms with Crippen molar-refractivity contribution in [1.29, 1.82) is 0 Å². The molecule has 0 fully saturated rings. The molecule has 3 rings (SSSR count). The van der Waals surface area contributed by atoms with Crippen LogP contribution in [0, 0.1) is 13.8 Å². The summed E-state index contributed by atoms with van der Waals surface area (Å²) in [7, 11) is 0. The number of carbonyl (C=O) groups excluding carboxylic acids is 1. The highest BCUT2D eigenvalue weighted by Gasteiger charge is 2.34. The maximum absolute atomic E-state index is 13.4. The Labute approximate surface area is 178 Å². The van der Waals surface area contributed by atoms with Crippen molar-refractivity contribution in [2.75, 3.05) is 12.3 Å². The third-order valence-electron chi connectivity index (χ3n) is 4.77. The van der Waals surface area contributed by atoms with Crippen molar-refractivity contribution in [3.63, 3.8) is 0 Å². The van der Waals surface area contributed by atoms with Gasteiger partial charge in [0.2, 0.25) is 0 Å². The van der Waals surface area contributed by atoms with E-state index in [1.54, 1.807) is 37.7 Å². The van der Waals surface area contributed by atoms with E-state index in [2.05, 4.69) is 17.4 Å². The normalized spacial score (nSPS) is 11.5. The van der Waals surface area contributed by atoms with Crippen molar-refractivity contribution >= 4 is 17.7 Å². The molecule has 2 aromatic carbocycles. The molecular weight excluding hydrogens is 409 g/mol. The molecule has 1 N–H and O–H groups in total. The number of rotatable bonds is 7. The second-order valence-electron chi connectivity index (χ2n) is 6.93. The van der Waals surface area contributed by atoms with Crippen LogP contribution in [0.25, 0.3) is 5.69 Å². The third kappa shape index (κ3) is 5.08. The van der Waals surface area contributed by atoms with Gasteiger partial charge in [0.15, 0.2) is 0 Å². The van der Waals surface area contributed by atoms with Crippen LogP contribution < -0.4 is 5.32 Å². The predicted molar refractivity (Wildman–Crippen MR) is 115 cm³/mol. The van der Waals surface area contributed by atoms with E-state index in [0.29, 0.717) is 23.5 Å². The number of nitrogens with zero attached hydrogens (tertiary/aromatic N) is 1. The van der Waals surface area contributed by atoms with E-state index in [-0.39, 0.29) is 11.6 Å². The zero-order valence-electron chi connectivity index (χ0n) is 16.8. The number of hydrogen-bond donors (Lipinski definition) is 1. The summed E-state index contributed by atoms with van der Waals surface area (Å²) in [6.45, 7) is 3.85. The fourth-order valence-electron chi connectivity index (χ4n) is 3.37. The van der Waals surface area contributed by atoms with E-state index in [9.17, 15) is 18.0 Å². The van der Waals surface area contributed by atoms with Crippen LogP contribution in [0.3, 0.4) is 0 Å². The highest BCUT2D eigenvalue weighted by atomic mass is 32.2. The number of aromatic nitrogens is 1. The molecule has 30 heavy (non-hydrogen) atoms. The van der Waals surface area contributed by atoms with Crippen LogP contribution in [0.1, 0.15) is 32.9 Å². The topological polar surface area (TPSA) is 34.0 Å². The number of alkyl halides is 3. The SMILES string of the molecule is Cc1cc(C(=O)NCCSCc2ccccc2)c(C)n1-c1ccccc1C(F)(F)F. The number of amides is 1. The maximum atomic E-state index is 13.4. The molecule has 158 valence electrons. The second kappa shape index (κ2) is 9.43. The number of para-hydroxylation sites is 1. The largest absolute Gasteiger partial charge is 0.418 e. The zero-order valence-corrected chi connectivity index (χ0v) is 17.6. The van der Waals surface area contributed by atoms with Crippen molar-refractivity contribution in [1.82, 2.24) is 9.88 Å². The van der Waals surface area contributed by atoms with Gasteiger partial charge < -0.3 is 9.88 Å². The van der Waals surface area contributed by atoms with E-state index < -0.39 is 11.7 Å². The molecule has 1 amide bonds. The van der Waals surface area contributed by atoms with Gasteiger partial charge >= 0.3 is 6.18 Å². The van der Waals surface area contributed by atoms with Crippen LogP contribution >= 0.6 is 11.8 Å². The van der Waals surface area contributed by atoms with Gasteiger partial charge in [0.25, 0.3) is 5.91 Å². The van der Waals surface area contributed by atoms with E-state index >= 15 is 0 Å². The summed E-state index contributed by atoms with van der Waals surface area (Å²) < 4.78 is 41.8. The van der Waals surface area contributed by atoms with Crippen molar-refractivity contribution in [2.45, 2.75) is 25.8 Å². The summed E-state index contributed by atoms with van der Waals surface area (Å²) in [6.07, 6.45) is -4.47. The smallest absolute Gasteiger partial charge is 0.351 e. The van der Waals surface area contributed by atoms with Gasteiger partial charge in [0, 0.05) is 29.4 Å². The highest BCUT2D eigenvalue weighted by molar-refractivity contribution is 7.98.